The standard InChI is InChI=1S/C17H33NO10/c1-2-12(20)11-25-6-5-23-3-4-24-7-8-26-15-9-13(28-17(18)22)16(21)14(10-19)27-15/h12-16,19-21H,2-11H2,1H3,(H2,18,22). The van der Waals surface area contributed by atoms with E-state index in [0.717, 1.165) is 0 Å². The van der Waals surface area contributed by atoms with Crippen LogP contribution in [0.3, 0.4) is 0 Å². The van der Waals surface area contributed by atoms with Gasteiger partial charge in [0.05, 0.1) is 59.0 Å². The van der Waals surface area contributed by atoms with Crippen molar-refractivity contribution in [1.29, 1.82) is 0 Å². The molecular weight excluding hydrogens is 378 g/mol. The van der Waals surface area contributed by atoms with E-state index in [9.17, 15) is 20.1 Å². The van der Waals surface area contributed by atoms with Gasteiger partial charge in [-0.3, -0.25) is 0 Å². The van der Waals surface area contributed by atoms with Gasteiger partial charge in [-0.15, -0.1) is 0 Å². The van der Waals surface area contributed by atoms with Gasteiger partial charge in [-0.05, 0) is 6.42 Å². The quantitative estimate of drug-likeness (QED) is 0.240. The van der Waals surface area contributed by atoms with E-state index in [1.807, 2.05) is 6.92 Å². The summed E-state index contributed by atoms with van der Waals surface area (Å²) in [4.78, 5) is 10.9. The van der Waals surface area contributed by atoms with Gasteiger partial charge in [0, 0.05) is 6.42 Å². The summed E-state index contributed by atoms with van der Waals surface area (Å²) in [6.07, 6.45) is -4.50. The Hall–Kier alpha value is -1.05. The van der Waals surface area contributed by atoms with Gasteiger partial charge in [-0.25, -0.2) is 4.79 Å². The first-order chi connectivity index (χ1) is 13.5. The molecule has 1 aliphatic rings. The SMILES string of the molecule is CCC(O)COCCOCCOCCOC1CC(OC(N)=O)C(O)C(CO)O1. The Bertz CT molecular complexity index is 413. The molecule has 0 spiro atoms. The van der Waals surface area contributed by atoms with Gasteiger partial charge >= 0.3 is 6.09 Å². The molecule has 0 radical (unpaired) electrons. The van der Waals surface area contributed by atoms with E-state index in [2.05, 4.69) is 0 Å². The first kappa shape index (κ1) is 25.0. The highest BCUT2D eigenvalue weighted by Gasteiger charge is 2.39. The normalized spacial score (nSPS) is 26.1. The van der Waals surface area contributed by atoms with E-state index < -0.39 is 43.4 Å². The number of primary amides is 1. The Balaban J connectivity index is 2.05. The molecule has 1 saturated heterocycles. The number of hydrogen-bond acceptors (Lipinski definition) is 10. The molecule has 5 N–H and O–H groups in total. The van der Waals surface area contributed by atoms with E-state index in [-0.39, 0.29) is 19.6 Å². The van der Waals surface area contributed by atoms with Crippen LogP contribution in [-0.4, -0.2) is 105 Å². The Morgan fingerprint density at radius 2 is 1.75 bits per heavy atom. The van der Waals surface area contributed by atoms with E-state index in [0.29, 0.717) is 39.5 Å². The zero-order chi connectivity index (χ0) is 20.8. The molecule has 11 heteroatoms. The third-order valence-electron chi connectivity index (χ3n) is 4.02. The number of aliphatic hydroxyl groups excluding tert-OH is 3. The van der Waals surface area contributed by atoms with Crippen LogP contribution in [0.1, 0.15) is 19.8 Å². The summed E-state index contributed by atoms with van der Waals surface area (Å²) >= 11 is 0. The molecule has 11 nitrogen and oxygen atoms in total. The predicted octanol–water partition coefficient (Wildman–Crippen LogP) is -1.24. The molecular formula is C17H33NO10. The van der Waals surface area contributed by atoms with E-state index >= 15 is 0 Å². The zero-order valence-corrected chi connectivity index (χ0v) is 16.2. The van der Waals surface area contributed by atoms with Crippen molar-refractivity contribution in [2.24, 2.45) is 5.73 Å². The van der Waals surface area contributed by atoms with Crippen molar-refractivity contribution in [3.05, 3.63) is 0 Å². The van der Waals surface area contributed by atoms with Gasteiger partial charge in [-0.1, -0.05) is 6.92 Å². The van der Waals surface area contributed by atoms with Crippen molar-refractivity contribution in [3.8, 4) is 0 Å². The van der Waals surface area contributed by atoms with E-state index in [1.165, 1.54) is 0 Å². The Morgan fingerprint density at radius 1 is 1.14 bits per heavy atom. The summed E-state index contributed by atoms with van der Waals surface area (Å²) in [7, 11) is 0. The van der Waals surface area contributed by atoms with E-state index in [4.69, 9.17) is 34.2 Å². The number of carbonyl (C=O) groups is 1. The molecule has 5 unspecified atom stereocenters. The summed E-state index contributed by atoms with van der Waals surface area (Å²) in [6, 6.07) is 0. The number of amides is 1. The molecule has 0 aromatic rings. The highest BCUT2D eigenvalue weighted by Crippen LogP contribution is 2.23. The molecule has 1 aliphatic heterocycles. The summed E-state index contributed by atoms with van der Waals surface area (Å²) in [5.41, 5.74) is 4.98. The third-order valence-corrected chi connectivity index (χ3v) is 4.02. The third kappa shape index (κ3) is 10.5. The van der Waals surface area contributed by atoms with Crippen LogP contribution in [0.25, 0.3) is 0 Å². The molecule has 0 aromatic carbocycles. The van der Waals surface area contributed by atoms with Crippen molar-refractivity contribution >= 4 is 6.09 Å². The lowest BCUT2D eigenvalue weighted by atomic mass is 10.0. The average Bonchev–Trinajstić information content (AvgIpc) is 2.67. The van der Waals surface area contributed by atoms with Crippen molar-refractivity contribution in [2.75, 3.05) is 52.9 Å². The second-order valence-corrected chi connectivity index (χ2v) is 6.22. The fraction of sp³-hybridized carbons (Fsp3) is 0.941. The van der Waals surface area contributed by atoms with Gasteiger partial charge in [0.25, 0.3) is 0 Å². The predicted molar refractivity (Wildman–Crippen MR) is 95.5 cm³/mol. The van der Waals surface area contributed by atoms with Crippen molar-refractivity contribution in [2.45, 2.75) is 50.5 Å². The van der Waals surface area contributed by atoms with Crippen LogP contribution in [0.2, 0.25) is 0 Å². The zero-order valence-electron chi connectivity index (χ0n) is 16.2. The lowest BCUT2D eigenvalue weighted by Gasteiger charge is -2.37. The van der Waals surface area contributed by atoms with Crippen LogP contribution in [-0.2, 0) is 28.4 Å². The van der Waals surface area contributed by atoms with Gasteiger partial charge < -0.3 is 49.5 Å². The molecule has 0 aliphatic carbocycles. The van der Waals surface area contributed by atoms with Crippen molar-refractivity contribution < 1.29 is 48.5 Å². The lowest BCUT2D eigenvalue weighted by molar-refractivity contribution is -0.258. The fourth-order valence-corrected chi connectivity index (χ4v) is 2.44. The maximum Gasteiger partial charge on any atom is 0.404 e. The molecule has 1 heterocycles. The van der Waals surface area contributed by atoms with Crippen LogP contribution in [0.15, 0.2) is 0 Å². The number of nitrogens with two attached hydrogens (primary N) is 1. The fourth-order valence-electron chi connectivity index (χ4n) is 2.44. The van der Waals surface area contributed by atoms with Crippen LogP contribution in [0.5, 0.6) is 0 Å². The summed E-state index contributed by atoms with van der Waals surface area (Å²) in [6.45, 7) is 3.82. The average molecular weight is 411 g/mol. The largest absolute Gasteiger partial charge is 0.443 e. The summed E-state index contributed by atoms with van der Waals surface area (Å²) < 4.78 is 31.6. The number of ether oxygens (including phenoxy) is 6. The molecule has 5 atom stereocenters. The van der Waals surface area contributed by atoms with Crippen LogP contribution < -0.4 is 5.73 Å². The second kappa shape index (κ2) is 14.9. The molecule has 0 aromatic heterocycles. The molecule has 1 rings (SSSR count). The summed E-state index contributed by atoms with van der Waals surface area (Å²) in [5.74, 6) is 0. The molecule has 0 bridgehead atoms. The number of rotatable bonds is 15. The molecule has 28 heavy (non-hydrogen) atoms. The van der Waals surface area contributed by atoms with Crippen LogP contribution in [0, 0.1) is 0 Å². The summed E-state index contributed by atoms with van der Waals surface area (Å²) in [5, 5.41) is 28.5. The Labute approximate surface area is 164 Å². The second-order valence-electron chi connectivity index (χ2n) is 6.22. The molecule has 0 saturated carbocycles. The van der Waals surface area contributed by atoms with Gasteiger partial charge in [-0.2, -0.15) is 0 Å². The van der Waals surface area contributed by atoms with Gasteiger partial charge in [0.1, 0.15) is 18.3 Å². The first-order valence-corrected chi connectivity index (χ1v) is 9.41. The molecule has 166 valence electrons. The Morgan fingerprint density at radius 3 is 2.32 bits per heavy atom. The Kier molecular flexibility index (Phi) is 13.3. The number of hydrogen-bond donors (Lipinski definition) is 4. The number of carbonyl (C=O) groups excluding carboxylic acids is 1. The minimum absolute atomic E-state index is 0.0937. The van der Waals surface area contributed by atoms with Crippen molar-refractivity contribution in [3.63, 3.8) is 0 Å². The highest BCUT2D eigenvalue weighted by molar-refractivity contribution is 5.64. The van der Waals surface area contributed by atoms with Crippen molar-refractivity contribution in [1.82, 2.24) is 0 Å². The van der Waals surface area contributed by atoms with Gasteiger partial charge in [0.15, 0.2) is 6.29 Å². The maximum absolute atomic E-state index is 10.9. The van der Waals surface area contributed by atoms with Gasteiger partial charge in [0.2, 0.25) is 0 Å². The van der Waals surface area contributed by atoms with Crippen LogP contribution in [0.4, 0.5) is 4.79 Å². The first-order valence-electron chi connectivity index (χ1n) is 9.41. The minimum Gasteiger partial charge on any atom is -0.443 e. The minimum atomic E-state index is -1.18. The number of aliphatic hydroxyl groups is 3. The lowest BCUT2D eigenvalue weighted by Crippen LogP contribution is -2.52. The van der Waals surface area contributed by atoms with E-state index in [1.54, 1.807) is 0 Å². The van der Waals surface area contributed by atoms with Crippen LogP contribution >= 0.6 is 0 Å². The maximum atomic E-state index is 10.9. The monoisotopic (exact) mass is 411 g/mol. The smallest absolute Gasteiger partial charge is 0.404 e. The molecule has 1 fully saturated rings. The molecule has 1 amide bonds. The topological polar surface area (TPSA) is 159 Å². The highest BCUT2D eigenvalue weighted by atomic mass is 16.7.